The van der Waals surface area contributed by atoms with E-state index in [9.17, 15) is 19.6 Å². The highest BCUT2D eigenvalue weighted by Crippen LogP contribution is 2.43. The molecule has 0 unspecified atom stereocenters. The molecule has 36 heavy (non-hydrogen) atoms. The number of cyclic esters (lactones) is 1. The summed E-state index contributed by atoms with van der Waals surface area (Å²) in [5.41, 5.74) is 1.81. The van der Waals surface area contributed by atoms with Crippen LogP contribution in [0.4, 0.5) is 4.79 Å². The second-order valence-corrected chi connectivity index (χ2v) is 11.8. The number of nitrogens with one attached hydrogen (secondary N) is 1. The number of esters is 1. The van der Waals surface area contributed by atoms with Crippen LogP contribution in [0.25, 0.3) is 10.4 Å². The molecule has 2 aliphatic heterocycles. The van der Waals surface area contributed by atoms with Crippen molar-refractivity contribution in [3.05, 3.63) is 46.3 Å². The standard InChI is InChI=1S/C27H29N3O5S/c1-27(2,3)35-26(33)30-19-6-4-16(11-19)23(30)24(31)29-18(13-28)12-20-7-9-22(36-20)15-5-8-21-17(10-15)14-34-25(21)32/h5,7-10,16,18-19,23H,4,6,11-12,14H2,1-3H3,(H,29,31)/t16-,18-,19+,23-/m0/s1. The Balaban J connectivity index is 1.26. The molecule has 3 aliphatic rings. The third-order valence-corrected chi connectivity index (χ3v) is 8.12. The lowest BCUT2D eigenvalue weighted by atomic mass is 9.97. The first-order valence-electron chi connectivity index (χ1n) is 12.2. The average molecular weight is 508 g/mol. The summed E-state index contributed by atoms with van der Waals surface area (Å²) in [6, 6.07) is 10.5. The first-order valence-corrected chi connectivity index (χ1v) is 13.0. The summed E-state index contributed by atoms with van der Waals surface area (Å²) in [6.07, 6.45) is 2.46. The van der Waals surface area contributed by atoms with Crippen molar-refractivity contribution in [3.8, 4) is 16.5 Å². The molecule has 1 aromatic carbocycles. The normalized spacial score (nSPS) is 23.1. The van der Waals surface area contributed by atoms with Crippen LogP contribution in [0.3, 0.4) is 0 Å². The number of fused-ring (bicyclic) bond motifs is 3. The predicted octanol–water partition coefficient (Wildman–Crippen LogP) is 4.42. The number of amides is 2. The van der Waals surface area contributed by atoms with Crippen molar-refractivity contribution in [2.45, 2.75) is 76.8 Å². The fourth-order valence-corrected chi connectivity index (χ4v) is 6.47. The quantitative estimate of drug-likeness (QED) is 0.600. The molecule has 188 valence electrons. The lowest BCUT2D eigenvalue weighted by molar-refractivity contribution is -0.128. The molecule has 0 spiro atoms. The number of hydrogen-bond acceptors (Lipinski definition) is 7. The fraction of sp³-hybridized carbons (Fsp3) is 0.481. The number of rotatable bonds is 5. The van der Waals surface area contributed by atoms with E-state index in [0.717, 1.165) is 40.1 Å². The summed E-state index contributed by atoms with van der Waals surface area (Å²) >= 11 is 1.55. The maximum atomic E-state index is 13.3. The van der Waals surface area contributed by atoms with Crippen molar-refractivity contribution in [2.24, 2.45) is 5.92 Å². The number of piperidine rings is 1. The Morgan fingerprint density at radius 1 is 1.28 bits per heavy atom. The van der Waals surface area contributed by atoms with Crippen LogP contribution in [0.5, 0.6) is 0 Å². The van der Waals surface area contributed by atoms with E-state index < -0.39 is 23.8 Å². The van der Waals surface area contributed by atoms with Gasteiger partial charge in [0.2, 0.25) is 5.91 Å². The SMILES string of the molecule is CC(C)(C)OC(=O)N1[C@@H]2CC[C@@H](C2)[C@H]1C(=O)N[C@H](C#N)Cc1ccc(-c2ccc3c(c2)COC3=O)s1. The summed E-state index contributed by atoms with van der Waals surface area (Å²) in [7, 11) is 0. The van der Waals surface area contributed by atoms with Crippen molar-refractivity contribution in [3.63, 3.8) is 0 Å². The molecule has 5 rings (SSSR count). The van der Waals surface area contributed by atoms with Gasteiger partial charge in [0, 0.05) is 27.8 Å². The van der Waals surface area contributed by atoms with Crippen molar-refractivity contribution in [1.82, 2.24) is 10.2 Å². The molecule has 1 saturated carbocycles. The van der Waals surface area contributed by atoms with E-state index in [4.69, 9.17) is 9.47 Å². The lowest BCUT2D eigenvalue weighted by Gasteiger charge is -2.35. The number of nitrogens with zero attached hydrogens (tertiary/aromatic N) is 2. The van der Waals surface area contributed by atoms with Gasteiger partial charge >= 0.3 is 12.1 Å². The van der Waals surface area contributed by atoms with Crippen molar-refractivity contribution >= 4 is 29.3 Å². The van der Waals surface area contributed by atoms with E-state index >= 15 is 0 Å². The largest absolute Gasteiger partial charge is 0.457 e. The zero-order chi connectivity index (χ0) is 25.6. The van der Waals surface area contributed by atoms with Gasteiger partial charge in [0.25, 0.3) is 0 Å². The Bertz CT molecular complexity index is 1260. The molecule has 1 aliphatic carbocycles. The number of ether oxygens (including phenoxy) is 2. The fourth-order valence-electron chi connectivity index (χ4n) is 5.42. The van der Waals surface area contributed by atoms with Gasteiger partial charge in [-0.2, -0.15) is 5.26 Å². The second kappa shape index (κ2) is 9.25. The maximum absolute atomic E-state index is 13.3. The van der Waals surface area contributed by atoms with Gasteiger partial charge in [-0.25, -0.2) is 9.59 Å². The van der Waals surface area contributed by atoms with Crippen LogP contribution in [0.1, 0.15) is 60.8 Å². The minimum atomic E-state index is -0.713. The summed E-state index contributed by atoms with van der Waals surface area (Å²) in [5.74, 6) is -0.498. The summed E-state index contributed by atoms with van der Waals surface area (Å²) < 4.78 is 10.7. The zero-order valence-corrected chi connectivity index (χ0v) is 21.4. The lowest BCUT2D eigenvalue weighted by Crippen LogP contribution is -2.55. The average Bonchev–Trinajstić information content (AvgIpc) is 3.61. The molecule has 9 heteroatoms. The van der Waals surface area contributed by atoms with Crippen LogP contribution >= 0.6 is 11.3 Å². The minimum absolute atomic E-state index is 0.00834. The molecule has 8 nitrogen and oxygen atoms in total. The first kappa shape index (κ1) is 24.3. The number of hydrogen-bond donors (Lipinski definition) is 1. The molecule has 0 radical (unpaired) electrons. The second-order valence-electron chi connectivity index (χ2n) is 10.7. The summed E-state index contributed by atoms with van der Waals surface area (Å²) in [4.78, 5) is 41.4. The van der Waals surface area contributed by atoms with E-state index in [1.54, 1.807) is 22.3 Å². The van der Waals surface area contributed by atoms with Crippen molar-refractivity contribution in [1.29, 1.82) is 5.26 Å². The van der Waals surface area contributed by atoms with Gasteiger partial charge in [0.15, 0.2) is 0 Å². The van der Waals surface area contributed by atoms with Gasteiger partial charge in [-0.3, -0.25) is 9.69 Å². The Morgan fingerprint density at radius 3 is 2.83 bits per heavy atom. The summed E-state index contributed by atoms with van der Waals surface area (Å²) in [5, 5.41) is 12.7. The monoisotopic (exact) mass is 507 g/mol. The highest BCUT2D eigenvalue weighted by Gasteiger charge is 2.52. The molecule has 2 fully saturated rings. The topological polar surface area (TPSA) is 109 Å². The highest BCUT2D eigenvalue weighted by molar-refractivity contribution is 7.15. The van der Waals surface area contributed by atoms with E-state index in [1.807, 2.05) is 45.0 Å². The van der Waals surface area contributed by atoms with Gasteiger partial charge in [-0.05, 0) is 75.8 Å². The van der Waals surface area contributed by atoms with Crippen LogP contribution in [0.15, 0.2) is 30.3 Å². The molecule has 2 amide bonds. The predicted molar refractivity (Wildman–Crippen MR) is 133 cm³/mol. The maximum Gasteiger partial charge on any atom is 0.411 e. The van der Waals surface area contributed by atoms with Crippen LogP contribution in [0.2, 0.25) is 0 Å². The Morgan fingerprint density at radius 2 is 2.08 bits per heavy atom. The number of benzene rings is 1. The molecule has 2 aromatic rings. The van der Waals surface area contributed by atoms with Crippen LogP contribution in [0, 0.1) is 17.2 Å². The molecule has 2 bridgehead atoms. The van der Waals surface area contributed by atoms with E-state index in [0.29, 0.717) is 12.0 Å². The molecule has 1 N–H and O–H groups in total. The van der Waals surface area contributed by atoms with Crippen molar-refractivity contribution in [2.75, 3.05) is 0 Å². The van der Waals surface area contributed by atoms with Crippen LogP contribution in [-0.4, -0.2) is 46.6 Å². The number of carbonyl (C=O) groups is 3. The Labute approximate surface area is 214 Å². The van der Waals surface area contributed by atoms with Crippen molar-refractivity contribution < 1.29 is 23.9 Å². The zero-order valence-electron chi connectivity index (χ0n) is 20.6. The number of nitriles is 1. The van der Waals surface area contributed by atoms with E-state index in [1.165, 1.54) is 0 Å². The van der Waals surface area contributed by atoms with E-state index in [2.05, 4.69) is 11.4 Å². The molecule has 1 aromatic heterocycles. The van der Waals surface area contributed by atoms with Gasteiger partial charge in [-0.15, -0.1) is 11.3 Å². The van der Waals surface area contributed by atoms with Crippen LogP contribution < -0.4 is 5.32 Å². The first-order chi connectivity index (χ1) is 17.1. The molecule has 1 saturated heterocycles. The number of likely N-dealkylation sites (tertiary alicyclic amines) is 1. The summed E-state index contributed by atoms with van der Waals surface area (Å²) in [6.45, 7) is 5.72. The van der Waals surface area contributed by atoms with Gasteiger partial charge in [-0.1, -0.05) is 6.07 Å². The smallest absolute Gasteiger partial charge is 0.411 e. The molecular formula is C27H29N3O5S. The number of thiophene rings is 1. The van der Waals surface area contributed by atoms with E-state index in [-0.39, 0.29) is 30.4 Å². The highest BCUT2D eigenvalue weighted by atomic mass is 32.1. The molecule has 3 heterocycles. The number of carbonyl (C=O) groups excluding carboxylic acids is 3. The minimum Gasteiger partial charge on any atom is -0.457 e. The van der Waals surface area contributed by atoms with Gasteiger partial charge < -0.3 is 14.8 Å². The third kappa shape index (κ3) is 4.70. The Kier molecular flexibility index (Phi) is 6.25. The van der Waals surface area contributed by atoms with Gasteiger partial charge in [0.05, 0.1) is 11.6 Å². The van der Waals surface area contributed by atoms with Crippen LogP contribution in [-0.2, 0) is 27.3 Å². The third-order valence-electron chi connectivity index (χ3n) is 6.97. The molecule has 4 atom stereocenters. The molecular weight excluding hydrogens is 478 g/mol. The Hall–Kier alpha value is -3.38. The van der Waals surface area contributed by atoms with Gasteiger partial charge in [0.1, 0.15) is 24.3 Å².